The number of carbonyl (C=O) groups is 3. The number of hydrogen-bond acceptors (Lipinski definition) is 7. The van der Waals surface area contributed by atoms with Crippen molar-refractivity contribution in [2.75, 3.05) is 19.6 Å². The van der Waals surface area contributed by atoms with Crippen molar-refractivity contribution < 1.29 is 27.9 Å². The molecule has 2 fully saturated rings. The van der Waals surface area contributed by atoms with Crippen LogP contribution in [0.4, 0.5) is 0 Å². The predicted molar refractivity (Wildman–Crippen MR) is 158 cm³/mol. The van der Waals surface area contributed by atoms with E-state index in [4.69, 9.17) is 0 Å². The number of rotatable bonds is 10. The SMILES string of the molecule is Cc1ccc(S(=O)(=O)N2CCC[C@H]2C(=O)N[C@@H](CCC(=O)N2CCC(Cn3c(C)nc4cnccc43)CC2)C(=O)O)cc1. The van der Waals surface area contributed by atoms with Crippen molar-refractivity contribution >= 4 is 38.8 Å². The van der Waals surface area contributed by atoms with Gasteiger partial charge < -0.3 is 19.9 Å². The molecule has 0 spiro atoms. The number of aliphatic carboxylic acids is 1. The summed E-state index contributed by atoms with van der Waals surface area (Å²) in [6, 6.07) is 6.05. The molecule has 5 rings (SSSR count). The van der Waals surface area contributed by atoms with Gasteiger partial charge in [0.1, 0.15) is 23.4 Å². The molecule has 13 heteroatoms. The minimum atomic E-state index is -3.92. The maximum absolute atomic E-state index is 13.2. The van der Waals surface area contributed by atoms with Gasteiger partial charge in [0.2, 0.25) is 21.8 Å². The van der Waals surface area contributed by atoms with Crippen molar-refractivity contribution in [1.29, 1.82) is 0 Å². The van der Waals surface area contributed by atoms with E-state index < -0.39 is 34.0 Å². The smallest absolute Gasteiger partial charge is 0.326 e. The summed E-state index contributed by atoms with van der Waals surface area (Å²) in [5.41, 5.74) is 2.82. The van der Waals surface area contributed by atoms with Crippen LogP contribution in [0.5, 0.6) is 0 Å². The highest BCUT2D eigenvalue weighted by molar-refractivity contribution is 7.89. The van der Waals surface area contributed by atoms with Gasteiger partial charge in [-0.1, -0.05) is 17.7 Å². The number of aryl methyl sites for hydroxylation is 2. The normalized spacial score (nSPS) is 19.0. The Hall–Kier alpha value is -3.84. The van der Waals surface area contributed by atoms with Crippen molar-refractivity contribution in [3.8, 4) is 0 Å². The minimum absolute atomic E-state index is 0.0315. The topological polar surface area (TPSA) is 155 Å². The molecule has 230 valence electrons. The third-order valence-electron chi connectivity index (χ3n) is 8.54. The summed E-state index contributed by atoms with van der Waals surface area (Å²) in [6.07, 6.45) is 5.83. The summed E-state index contributed by atoms with van der Waals surface area (Å²) in [6.45, 7) is 5.96. The monoisotopic (exact) mass is 610 g/mol. The molecular weight excluding hydrogens is 572 g/mol. The fourth-order valence-electron chi connectivity index (χ4n) is 6.04. The lowest BCUT2D eigenvalue weighted by Crippen LogP contribution is -2.51. The van der Waals surface area contributed by atoms with Crippen LogP contribution in [0, 0.1) is 19.8 Å². The van der Waals surface area contributed by atoms with Crippen LogP contribution in [0.2, 0.25) is 0 Å². The van der Waals surface area contributed by atoms with Crippen LogP contribution in [-0.2, 0) is 31.0 Å². The molecule has 4 heterocycles. The van der Waals surface area contributed by atoms with E-state index in [0.29, 0.717) is 31.8 Å². The van der Waals surface area contributed by atoms with E-state index >= 15 is 0 Å². The molecule has 2 saturated heterocycles. The van der Waals surface area contributed by atoms with Gasteiger partial charge in [-0.2, -0.15) is 4.31 Å². The molecule has 0 bridgehead atoms. The maximum Gasteiger partial charge on any atom is 0.326 e. The lowest BCUT2D eigenvalue weighted by Gasteiger charge is -2.33. The van der Waals surface area contributed by atoms with Crippen molar-refractivity contribution in [2.24, 2.45) is 5.92 Å². The number of carbonyl (C=O) groups excluding carboxylic acids is 2. The molecule has 2 aromatic heterocycles. The fraction of sp³-hybridized carbons (Fsp3) is 0.500. The number of imidazole rings is 1. The maximum atomic E-state index is 13.2. The third kappa shape index (κ3) is 6.72. The van der Waals surface area contributed by atoms with E-state index in [1.807, 2.05) is 19.9 Å². The van der Waals surface area contributed by atoms with Crippen LogP contribution < -0.4 is 5.32 Å². The number of likely N-dealkylation sites (tertiary alicyclic amines) is 1. The molecule has 0 saturated carbocycles. The van der Waals surface area contributed by atoms with Crippen molar-refractivity contribution in [1.82, 2.24) is 29.1 Å². The number of nitrogens with zero attached hydrogens (tertiary/aromatic N) is 5. The van der Waals surface area contributed by atoms with Gasteiger partial charge in [-0.3, -0.25) is 14.6 Å². The number of pyridine rings is 1. The molecule has 12 nitrogen and oxygen atoms in total. The standard InChI is InChI=1S/C30H38N6O6S/c1-20-5-7-23(8-6-20)43(41,42)36-15-3-4-27(36)29(38)33-24(30(39)40)9-10-28(37)34-16-12-22(13-17-34)19-35-21(2)32-25-18-31-14-11-26(25)35/h5-8,11,14,18,22,24,27H,3-4,9-10,12-13,15-17,19H2,1-2H3,(H,33,38)(H,39,40)/t24-,27-/m0/s1. The number of piperidine rings is 1. The Kier molecular flexibility index (Phi) is 9.11. The minimum Gasteiger partial charge on any atom is -0.480 e. The average Bonchev–Trinajstić information content (AvgIpc) is 3.61. The van der Waals surface area contributed by atoms with Crippen LogP contribution in [0.1, 0.15) is 49.9 Å². The molecule has 2 N–H and O–H groups in total. The largest absolute Gasteiger partial charge is 0.480 e. The Labute approximate surface area is 251 Å². The van der Waals surface area contributed by atoms with Crippen molar-refractivity contribution in [3.05, 3.63) is 54.1 Å². The second-order valence-corrected chi connectivity index (χ2v) is 13.4. The van der Waals surface area contributed by atoms with E-state index in [-0.39, 0.29) is 30.2 Å². The number of nitrogens with one attached hydrogen (secondary N) is 1. The first-order chi connectivity index (χ1) is 20.5. The highest BCUT2D eigenvalue weighted by Crippen LogP contribution is 2.27. The average molecular weight is 611 g/mol. The Morgan fingerprint density at radius 1 is 1.05 bits per heavy atom. The van der Waals surface area contributed by atoms with Crippen molar-refractivity contribution in [2.45, 2.75) is 75.9 Å². The van der Waals surface area contributed by atoms with Gasteiger partial charge in [0.05, 0.1) is 16.6 Å². The molecule has 3 aromatic rings. The predicted octanol–water partition coefficient (Wildman–Crippen LogP) is 2.49. The fourth-order valence-corrected chi connectivity index (χ4v) is 7.70. The van der Waals surface area contributed by atoms with Crippen LogP contribution in [0.3, 0.4) is 0 Å². The number of aromatic nitrogens is 3. The summed E-state index contributed by atoms with van der Waals surface area (Å²) in [4.78, 5) is 48.7. The molecule has 43 heavy (non-hydrogen) atoms. The van der Waals surface area contributed by atoms with Gasteiger partial charge in [0.25, 0.3) is 0 Å². The quantitative estimate of drug-likeness (QED) is 0.355. The summed E-state index contributed by atoms with van der Waals surface area (Å²) in [5.74, 6) is -0.767. The number of benzene rings is 1. The molecule has 0 radical (unpaired) electrons. The zero-order chi connectivity index (χ0) is 30.7. The Morgan fingerprint density at radius 2 is 1.77 bits per heavy atom. The zero-order valence-electron chi connectivity index (χ0n) is 24.5. The Balaban J connectivity index is 1.13. The summed E-state index contributed by atoms with van der Waals surface area (Å²) in [5, 5.41) is 12.3. The van der Waals surface area contributed by atoms with Gasteiger partial charge in [-0.25, -0.2) is 18.2 Å². The van der Waals surface area contributed by atoms with Gasteiger partial charge in [-0.05, 0) is 70.1 Å². The molecule has 2 aliphatic rings. The number of carboxylic acids is 1. The second kappa shape index (κ2) is 12.8. The van der Waals surface area contributed by atoms with E-state index in [0.717, 1.165) is 46.1 Å². The Morgan fingerprint density at radius 3 is 2.47 bits per heavy atom. The van der Waals surface area contributed by atoms with Gasteiger partial charge in [0, 0.05) is 38.8 Å². The van der Waals surface area contributed by atoms with Gasteiger partial charge >= 0.3 is 5.97 Å². The molecule has 2 amide bonds. The highest BCUT2D eigenvalue weighted by atomic mass is 32.2. The molecular formula is C30H38N6O6S. The first kappa shape index (κ1) is 30.6. The van der Waals surface area contributed by atoms with E-state index in [1.54, 1.807) is 29.4 Å². The Bertz CT molecular complexity index is 1600. The number of sulfonamides is 1. The molecule has 0 aliphatic carbocycles. The van der Waals surface area contributed by atoms with Crippen LogP contribution in [0.25, 0.3) is 11.0 Å². The van der Waals surface area contributed by atoms with E-state index in [9.17, 15) is 27.9 Å². The van der Waals surface area contributed by atoms with Gasteiger partial charge in [-0.15, -0.1) is 0 Å². The van der Waals surface area contributed by atoms with Crippen LogP contribution in [-0.4, -0.2) is 86.8 Å². The van der Waals surface area contributed by atoms with E-state index in [1.165, 1.54) is 12.1 Å². The molecule has 1 aromatic carbocycles. The van der Waals surface area contributed by atoms with Gasteiger partial charge in [0.15, 0.2) is 0 Å². The lowest BCUT2D eigenvalue weighted by atomic mass is 9.96. The molecule has 2 atom stereocenters. The van der Waals surface area contributed by atoms with Crippen LogP contribution >= 0.6 is 0 Å². The van der Waals surface area contributed by atoms with E-state index in [2.05, 4.69) is 19.9 Å². The second-order valence-electron chi connectivity index (χ2n) is 11.5. The van der Waals surface area contributed by atoms with Crippen molar-refractivity contribution in [3.63, 3.8) is 0 Å². The number of amides is 2. The third-order valence-corrected chi connectivity index (χ3v) is 10.5. The number of carboxylic acid groups (broad SMARTS) is 1. The summed E-state index contributed by atoms with van der Waals surface area (Å²) >= 11 is 0. The first-order valence-electron chi connectivity index (χ1n) is 14.7. The zero-order valence-corrected chi connectivity index (χ0v) is 25.3. The number of hydrogen-bond donors (Lipinski definition) is 2. The summed E-state index contributed by atoms with van der Waals surface area (Å²) in [7, 11) is -3.92. The summed E-state index contributed by atoms with van der Waals surface area (Å²) < 4.78 is 29.8. The first-order valence-corrected chi connectivity index (χ1v) is 16.1. The number of fused-ring (bicyclic) bond motifs is 1. The molecule has 2 aliphatic heterocycles. The molecule has 0 unspecified atom stereocenters. The van der Waals surface area contributed by atoms with Crippen LogP contribution in [0.15, 0.2) is 47.6 Å². The highest BCUT2D eigenvalue weighted by Gasteiger charge is 2.40. The lowest BCUT2D eigenvalue weighted by molar-refractivity contribution is -0.143.